The summed E-state index contributed by atoms with van der Waals surface area (Å²) in [7, 11) is 1.26. The van der Waals surface area contributed by atoms with Crippen molar-refractivity contribution in [2.45, 2.75) is 32.7 Å². The quantitative estimate of drug-likeness (QED) is 0.0936. The van der Waals surface area contributed by atoms with E-state index in [4.69, 9.17) is 30.5 Å². The highest BCUT2D eigenvalue weighted by molar-refractivity contribution is 6.30. The standard InChI is InChI=1S/C31H32ClFN4O7/c1-4-42-26-14-20(29-28(30(39)41-3)18(2)35-31(40)36-29)7-11-25(26)44-17-27(38)37-34-15-21-13-22(32)8-12-24(21)43-16-19-5-9-23(33)10-6-19/h5-15,27,29,37-38H,4,16-17H2,1-3H3,(H2,35,36,40)/b34-15+/t27-,29-/m1/s1. The molecule has 1 aliphatic heterocycles. The molecule has 0 fully saturated rings. The second-order valence-corrected chi connectivity index (χ2v) is 9.95. The van der Waals surface area contributed by atoms with Crippen LogP contribution in [0.5, 0.6) is 17.2 Å². The van der Waals surface area contributed by atoms with E-state index in [2.05, 4.69) is 21.2 Å². The summed E-state index contributed by atoms with van der Waals surface area (Å²) in [4.78, 5) is 24.6. The molecule has 0 saturated carbocycles. The fourth-order valence-corrected chi connectivity index (χ4v) is 4.49. The Labute approximate surface area is 258 Å². The molecule has 3 aromatic carbocycles. The first-order chi connectivity index (χ1) is 21.2. The number of hydrogen-bond acceptors (Lipinski definition) is 9. The second kappa shape index (κ2) is 15.1. The number of halogens is 2. The van der Waals surface area contributed by atoms with Crippen LogP contribution in [-0.4, -0.2) is 49.9 Å². The van der Waals surface area contributed by atoms with Crippen LogP contribution in [0.3, 0.4) is 0 Å². The zero-order valence-electron chi connectivity index (χ0n) is 24.2. The zero-order chi connectivity index (χ0) is 31.6. The smallest absolute Gasteiger partial charge is 0.337 e. The molecule has 1 heterocycles. The van der Waals surface area contributed by atoms with Gasteiger partial charge in [0.25, 0.3) is 0 Å². The molecule has 1 aliphatic rings. The van der Waals surface area contributed by atoms with Crippen LogP contribution in [0.2, 0.25) is 5.02 Å². The minimum Gasteiger partial charge on any atom is -0.490 e. The normalized spacial score (nSPS) is 15.3. The fraction of sp³-hybridized carbons (Fsp3) is 0.258. The van der Waals surface area contributed by atoms with Crippen molar-refractivity contribution in [3.05, 3.63) is 99.5 Å². The van der Waals surface area contributed by atoms with Crippen molar-refractivity contribution in [2.75, 3.05) is 20.3 Å². The molecule has 4 N–H and O–H groups in total. The van der Waals surface area contributed by atoms with Crippen LogP contribution in [0.15, 0.2) is 77.0 Å². The highest BCUT2D eigenvalue weighted by Gasteiger charge is 2.32. The summed E-state index contributed by atoms with van der Waals surface area (Å²) >= 11 is 6.15. The van der Waals surface area contributed by atoms with Gasteiger partial charge < -0.3 is 34.7 Å². The molecule has 3 aromatic rings. The number of aliphatic hydroxyl groups is 1. The van der Waals surface area contributed by atoms with E-state index in [1.807, 2.05) is 0 Å². The molecule has 0 bridgehead atoms. The number of hydrogen-bond donors (Lipinski definition) is 4. The maximum Gasteiger partial charge on any atom is 0.337 e. The monoisotopic (exact) mass is 626 g/mol. The van der Waals surface area contributed by atoms with Crippen molar-refractivity contribution < 1.29 is 38.0 Å². The lowest BCUT2D eigenvalue weighted by Gasteiger charge is -2.28. The first kappa shape index (κ1) is 32.1. The van der Waals surface area contributed by atoms with Crippen molar-refractivity contribution in [3.63, 3.8) is 0 Å². The summed E-state index contributed by atoms with van der Waals surface area (Å²) in [6, 6.07) is 14.7. The van der Waals surface area contributed by atoms with E-state index < -0.39 is 24.3 Å². The zero-order valence-corrected chi connectivity index (χ0v) is 25.0. The first-order valence-electron chi connectivity index (χ1n) is 13.6. The molecule has 11 nitrogen and oxygen atoms in total. The van der Waals surface area contributed by atoms with Crippen LogP contribution in [0.1, 0.15) is 36.6 Å². The van der Waals surface area contributed by atoms with Crippen molar-refractivity contribution in [1.29, 1.82) is 0 Å². The maximum atomic E-state index is 13.2. The molecule has 13 heteroatoms. The molecule has 0 aliphatic carbocycles. The number of hydrazone groups is 1. The van der Waals surface area contributed by atoms with E-state index >= 15 is 0 Å². The number of benzene rings is 3. The highest BCUT2D eigenvalue weighted by Crippen LogP contribution is 2.35. The number of rotatable bonds is 13. The molecule has 232 valence electrons. The van der Waals surface area contributed by atoms with Gasteiger partial charge in [-0.3, -0.25) is 5.43 Å². The number of aliphatic hydroxyl groups excluding tert-OH is 1. The SMILES string of the molecule is CCOc1cc([C@H]2NC(=O)NC(C)=C2C(=O)OC)ccc1OC[C@@H](O)N/N=C/c1cc(Cl)ccc1OCc1ccc(F)cc1. The minimum atomic E-state index is -1.21. The lowest BCUT2D eigenvalue weighted by molar-refractivity contribution is -0.136. The fourth-order valence-electron chi connectivity index (χ4n) is 4.31. The van der Waals surface area contributed by atoms with Crippen molar-refractivity contribution in [1.82, 2.24) is 16.1 Å². The highest BCUT2D eigenvalue weighted by atomic mass is 35.5. The van der Waals surface area contributed by atoms with Gasteiger partial charge in [0.2, 0.25) is 0 Å². The van der Waals surface area contributed by atoms with Crippen LogP contribution in [-0.2, 0) is 16.1 Å². The Balaban J connectivity index is 1.40. The van der Waals surface area contributed by atoms with E-state index in [1.165, 1.54) is 25.5 Å². The van der Waals surface area contributed by atoms with Gasteiger partial charge >= 0.3 is 12.0 Å². The molecule has 0 saturated heterocycles. The number of carbonyl (C=O) groups is 2. The van der Waals surface area contributed by atoms with Gasteiger partial charge in [0.1, 0.15) is 24.8 Å². The van der Waals surface area contributed by atoms with Gasteiger partial charge in [-0.2, -0.15) is 5.10 Å². The first-order valence-corrected chi connectivity index (χ1v) is 14.0. The van der Waals surface area contributed by atoms with Crippen LogP contribution >= 0.6 is 11.6 Å². The number of carbonyl (C=O) groups excluding carboxylic acids is 2. The number of esters is 1. The van der Waals surface area contributed by atoms with Crippen molar-refractivity contribution in [2.24, 2.45) is 5.10 Å². The van der Waals surface area contributed by atoms with E-state index in [0.717, 1.165) is 5.56 Å². The summed E-state index contributed by atoms with van der Waals surface area (Å²) < 4.78 is 35.5. The topological polar surface area (TPSA) is 140 Å². The van der Waals surface area contributed by atoms with E-state index in [9.17, 15) is 19.1 Å². The molecule has 0 unspecified atom stereocenters. The van der Waals surface area contributed by atoms with Gasteiger partial charge in [0.05, 0.1) is 31.5 Å². The number of allylic oxidation sites excluding steroid dienone is 1. The lowest BCUT2D eigenvalue weighted by atomic mass is 9.95. The van der Waals surface area contributed by atoms with Crippen LogP contribution in [0, 0.1) is 5.82 Å². The summed E-state index contributed by atoms with van der Waals surface area (Å²) in [5.74, 6) is 0.241. The van der Waals surface area contributed by atoms with Crippen LogP contribution in [0.25, 0.3) is 0 Å². The van der Waals surface area contributed by atoms with Gasteiger partial charge in [0, 0.05) is 16.3 Å². The predicted molar refractivity (Wildman–Crippen MR) is 161 cm³/mol. The van der Waals surface area contributed by atoms with Crippen molar-refractivity contribution >= 4 is 29.8 Å². The van der Waals surface area contributed by atoms with Gasteiger partial charge in [-0.05, 0) is 67.4 Å². The third-order valence-corrected chi connectivity index (χ3v) is 6.61. The van der Waals surface area contributed by atoms with E-state index in [-0.39, 0.29) is 24.6 Å². The maximum absolute atomic E-state index is 13.2. The van der Waals surface area contributed by atoms with Crippen molar-refractivity contribution in [3.8, 4) is 17.2 Å². The predicted octanol–water partition coefficient (Wildman–Crippen LogP) is 4.58. The van der Waals surface area contributed by atoms with Gasteiger partial charge in [-0.25, -0.2) is 14.0 Å². The molecule has 4 rings (SSSR count). The molecular formula is C31H32ClFN4O7. The Hall–Kier alpha value is -4.81. The number of urea groups is 1. The molecule has 2 amide bonds. The summed E-state index contributed by atoms with van der Waals surface area (Å²) in [5, 5.41) is 20.3. The molecular weight excluding hydrogens is 595 g/mol. The van der Waals surface area contributed by atoms with Gasteiger partial charge in [0.15, 0.2) is 17.7 Å². The average molecular weight is 627 g/mol. The Morgan fingerprint density at radius 3 is 2.57 bits per heavy atom. The number of amides is 2. The summed E-state index contributed by atoms with van der Waals surface area (Å²) in [6.07, 6.45) is 0.237. The largest absolute Gasteiger partial charge is 0.490 e. The Morgan fingerprint density at radius 2 is 1.84 bits per heavy atom. The minimum absolute atomic E-state index is 0.198. The average Bonchev–Trinajstić information content (AvgIpc) is 3.00. The molecule has 0 spiro atoms. The Bertz CT molecular complexity index is 1550. The number of nitrogens with one attached hydrogen (secondary N) is 3. The summed E-state index contributed by atoms with van der Waals surface area (Å²) in [5.41, 5.74) is 5.12. The van der Waals surface area contributed by atoms with Gasteiger partial charge in [-0.1, -0.05) is 29.8 Å². The van der Waals surface area contributed by atoms with Crippen LogP contribution < -0.4 is 30.3 Å². The van der Waals surface area contributed by atoms with Crippen LogP contribution in [0.4, 0.5) is 9.18 Å². The Morgan fingerprint density at radius 1 is 1.09 bits per heavy atom. The van der Waals surface area contributed by atoms with E-state index in [0.29, 0.717) is 45.7 Å². The van der Waals surface area contributed by atoms with Gasteiger partial charge in [-0.15, -0.1) is 0 Å². The Kier molecular flexibility index (Phi) is 11.0. The lowest BCUT2D eigenvalue weighted by Crippen LogP contribution is -2.45. The molecule has 44 heavy (non-hydrogen) atoms. The molecule has 2 atom stereocenters. The van der Waals surface area contributed by atoms with E-state index in [1.54, 1.807) is 62.4 Å². The summed E-state index contributed by atoms with van der Waals surface area (Å²) in [6.45, 7) is 3.73. The number of ether oxygens (including phenoxy) is 4. The second-order valence-electron chi connectivity index (χ2n) is 9.51. The third kappa shape index (κ3) is 8.39. The molecule has 0 radical (unpaired) electrons. The third-order valence-electron chi connectivity index (χ3n) is 6.38. The number of methoxy groups -OCH3 is 1. The molecule has 0 aromatic heterocycles. The number of nitrogens with zero attached hydrogens (tertiary/aromatic N) is 1.